The van der Waals surface area contributed by atoms with Crippen LogP contribution in [0.4, 0.5) is 10.5 Å². The van der Waals surface area contributed by atoms with E-state index in [1.807, 2.05) is 18.2 Å². The van der Waals surface area contributed by atoms with Gasteiger partial charge in [0, 0.05) is 12.1 Å². The van der Waals surface area contributed by atoms with E-state index in [2.05, 4.69) is 16.0 Å². The molecule has 8 heteroatoms. The van der Waals surface area contributed by atoms with Crippen LogP contribution in [0.2, 0.25) is 0 Å². The highest BCUT2D eigenvalue weighted by atomic mass is 16.6. The van der Waals surface area contributed by atoms with Gasteiger partial charge in [0.1, 0.15) is 5.60 Å². The average Bonchev–Trinajstić information content (AvgIpc) is 3.06. The van der Waals surface area contributed by atoms with Gasteiger partial charge in [0.25, 0.3) is 0 Å². The second kappa shape index (κ2) is 8.67. The highest BCUT2D eigenvalue weighted by Gasteiger charge is 2.45. The summed E-state index contributed by atoms with van der Waals surface area (Å²) in [6.45, 7) is 5.24. The van der Waals surface area contributed by atoms with Crippen molar-refractivity contribution in [2.45, 2.75) is 50.9 Å². The molecular formula is C23H27N3O5. The van der Waals surface area contributed by atoms with Gasteiger partial charge in [-0.15, -0.1) is 0 Å². The van der Waals surface area contributed by atoms with E-state index in [1.165, 1.54) is 0 Å². The summed E-state index contributed by atoms with van der Waals surface area (Å²) in [5.41, 5.74) is -0.169. The van der Waals surface area contributed by atoms with Crippen molar-refractivity contribution < 1.29 is 24.2 Å². The number of hydrogen-bond donors (Lipinski definition) is 4. The minimum atomic E-state index is -1.64. The van der Waals surface area contributed by atoms with Crippen molar-refractivity contribution in [1.82, 2.24) is 10.6 Å². The number of amides is 2. The smallest absolute Gasteiger partial charge is 0.408 e. The number of benzene rings is 2. The van der Waals surface area contributed by atoms with Gasteiger partial charge >= 0.3 is 12.1 Å². The normalized spacial score (nSPS) is 18.3. The third kappa shape index (κ3) is 5.53. The minimum absolute atomic E-state index is 0.111. The molecule has 2 amide bonds. The van der Waals surface area contributed by atoms with Gasteiger partial charge in [0.15, 0.2) is 0 Å². The summed E-state index contributed by atoms with van der Waals surface area (Å²) < 4.78 is 5.32. The molecular weight excluding hydrogens is 398 g/mol. The highest BCUT2D eigenvalue weighted by Crippen LogP contribution is 2.31. The monoisotopic (exact) mass is 425 g/mol. The number of anilines is 1. The highest BCUT2D eigenvalue weighted by molar-refractivity contribution is 5.92. The van der Waals surface area contributed by atoms with E-state index in [1.54, 1.807) is 57.2 Å². The molecule has 8 nitrogen and oxygen atoms in total. The van der Waals surface area contributed by atoms with Gasteiger partial charge in [-0.3, -0.25) is 4.79 Å². The molecule has 0 radical (unpaired) electrons. The van der Waals surface area contributed by atoms with Crippen LogP contribution in [0.3, 0.4) is 0 Å². The van der Waals surface area contributed by atoms with Crippen LogP contribution < -0.4 is 16.0 Å². The first-order valence-corrected chi connectivity index (χ1v) is 10.0. The predicted molar refractivity (Wildman–Crippen MR) is 115 cm³/mol. The average molecular weight is 425 g/mol. The molecule has 0 saturated heterocycles. The quantitative estimate of drug-likeness (QED) is 0.565. The Morgan fingerprint density at radius 3 is 2.35 bits per heavy atom. The molecule has 1 heterocycles. The van der Waals surface area contributed by atoms with Gasteiger partial charge in [-0.2, -0.15) is 0 Å². The van der Waals surface area contributed by atoms with Crippen molar-refractivity contribution in [3.8, 4) is 0 Å². The van der Waals surface area contributed by atoms with Crippen LogP contribution in [-0.4, -0.2) is 34.3 Å². The summed E-state index contributed by atoms with van der Waals surface area (Å²) in [6, 6.07) is 15.5. The number of rotatable bonds is 6. The SMILES string of the molecule is CC(C)(C)OC(=O)NC(CC(=O)NC1(C(=O)O)Cc2ccccc2N1)c1ccccc1. The maximum absolute atomic E-state index is 12.9. The molecule has 1 aliphatic heterocycles. The number of carboxylic acid groups (broad SMARTS) is 1. The summed E-state index contributed by atoms with van der Waals surface area (Å²) in [7, 11) is 0. The molecule has 0 saturated carbocycles. The lowest BCUT2D eigenvalue weighted by atomic mass is 10.0. The number of hydrogen-bond acceptors (Lipinski definition) is 5. The lowest BCUT2D eigenvalue weighted by Gasteiger charge is -2.28. The topological polar surface area (TPSA) is 117 Å². The van der Waals surface area contributed by atoms with Crippen LogP contribution in [0.15, 0.2) is 54.6 Å². The zero-order valence-electron chi connectivity index (χ0n) is 17.8. The zero-order valence-corrected chi connectivity index (χ0v) is 17.8. The molecule has 0 spiro atoms. The van der Waals surface area contributed by atoms with Crippen molar-refractivity contribution in [3.05, 3.63) is 65.7 Å². The fraction of sp³-hybridized carbons (Fsp3) is 0.348. The van der Waals surface area contributed by atoms with Crippen molar-refractivity contribution in [2.75, 3.05) is 5.32 Å². The number of nitrogens with one attached hydrogen (secondary N) is 3. The second-order valence-corrected chi connectivity index (χ2v) is 8.53. The van der Waals surface area contributed by atoms with E-state index in [0.29, 0.717) is 11.3 Å². The molecule has 0 fully saturated rings. The Morgan fingerprint density at radius 1 is 1.10 bits per heavy atom. The summed E-state index contributed by atoms with van der Waals surface area (Å²) in [4.78, 5) is 37.3. The van der Waals surface area contributed by atoms with E-state index in [-0.39, 0.29) is 12.8 Å². The Bertz CT molecular complexity index is 944. The number of alkyl carbamates (subject to hydrolysis) is 1. The Labute approximate surface area is 181 Å². The lowest BCUT2D eigenvalue weighted by Crippen LogP contribution is -2.59. The van der Waals surface area contributed by atoms with Gasteiger partial charge in [-0.1, -0.05) is 48.5 Å². The number of carbonyl (C=O) groups excluding carboxylic acids is 2. The first-order chi connectivity index (χ1) is 14.6. The van der Waals surface area contributed by atoms with Crippen molar-refractivity contribution in [1.29, 1.82) is 0 Å². The van der Waals surface area contributed by atoms with E-state index in [0.717, 1.165) is 5.56 Å². The molecule has 0 aromatic heterocycles. The maximum Gasteiger partial charge on any atom is 0.408 e. The van der Waals surface area contributed by atoms with Crippen LogP contribution >= 0.6 is 0 Å². The first kappa shape index (κ1) is 22.1. The van der Waals surface area contributed by atoms with Crippen LogP contribution in [0.1, 0.15) is 44.4 Å². The molecule has 2 aromatic rings. The summed E-state index contributed by atoms with van der Waals surface area (Å²) in [5.74, 6) is -1.71. The van der Waals surface area contributed by atoms with E-state index in [9.17, 15) is 19.5 Å². The molecule has 2 unspecified atom stereocenters. The largest absolute Gasteiger partial charge is 0.478 e. The van der Waals surface area contributed by atoms with Crippen molar-refractivity contribution in [3.63, 3.8) is 0 Å². The Balaban J connectivity index is 1.75. The lowest BCUT2D eigenvalue weighted by molar-refractivity contribution is -0.146. The van der Waals surface area contributed by atoms with E-state index in [4.69, 9.17) is 4.74 Å². The van der Waals surface area contributed by atoms with Crippen LogP contribution in [-0.2, 0) is 20.7 Å². The molecule has 4 N–H and O–H groups in total. The molecule has 3 rings (SSSR count). The third-order valence-electron chi connectivity index (χ3n) is 4.82. The van der Waals surface area contributed by atoms with Crippen LogP contribution in [0.25, 0.3) is 0 Å². The standard InChI is InChI=1S/C23H27N3O5/c1-22(2,3)31-21(30)24-18(15-9-5-4-6-10-15)13-19(27)26-23(20(28)29)14-16-11-7-8-12-17(16)25-23/h4-12,18,25H,13-14H2,1-3H3,(H,24,30)(H,26,27)(H,28,29). The summed E-state index contributed by atoms with van der Waals surface area (Å²) in [6.07, 6.45) is -0.704. The Morgan fingerprint density at radius 2 is 1.74 bits per heavy atom. The Hall–Kier alpha value is -3.55. The van der Waals surface area contributed by atoms with Gasteiger partial charge < -0.3 is 25.8 Å². The molecule has 31 heavy (non-hydrogen) atoms. The summed E-state index contributed by atoms with van der Waals surface area (Å²) >= 11 is 0. The van der Waals surface area contributed by atoms with Gasteiger partial charge in [-0.25, -0.2) is 9.59 Å². The van der Waals surface area contributed by atoms with E-state index < -0.39 is 35.3 Å². The Kier molecular flexibility index (Phi) is 6.19. The molecule has 0 aliphatic carbocycles. The zero-order chi connectivity index (χ0) is 22.6. The summed E-state index contributed by atoms with van der Waals surface area (Å²) in [5, 5.41) is 18.1. The van der Waals surface area contributed by atoms with E-state index >= 15 is 0 Å². The number of para-hydroxylation sites is 1. The molecule has 2 aromatic carbocycles. The fourth-order valence-electron chi connectivity index (χ4n) is 3.48. The molecule has 2 atom stereocenters. The molecule has 164 valence electrons. The van der Waals surface area contributed by atoms with Gasteiger partial charge in [-0.05, 0) is 38.0 Å². The van der Waals surface area contributed by atoms with Gasteiger partial charge in [0.05, 0.1) is 12.5 Å². The van der Waals surface area contributed by atoms with Gasteiger partial charge in [0.2, 0.25) is 11.6 Å². The second-order valence-electron chi connectivity index (χ2n) is 8.53. The predicted octanol–water partition coefficient (Wildman–Crippen LogP) is 3.21. The first-order valence-electron chi connectivity index (χ1n) is 10.0. The molecule has 1 aliphatic rings. The van der Waals surface area contributed by atoms with Crippen molar-refractivity contribution in [2.24, 2.45) is 0 Å². The maximum atomic E-state index is 12.9. The number of ether oxygens (including phenoxy) is 1. The molecule has 0 bridgehead atoms. The number of carbonyl (C=O) groups is 3. The van der Waals surface area contributed by atoms with Crippen LogP contribution in [0, 0.1) is 0 Å². The number of carboxylic acids is 1. The number of aliphatic carboxylic acids is 1. The fourth-order valence-corrected chi connectivity index (χ4v) is 3.48. The minimum Gasteiger partial charge on any atom is -0.478 e. The van der Waals surface area contributed by atoms with Crippen LogP contribution in [0.5, 0.6) is 0 Å². The number of fused-ring (bicyclic) bond motifs is 1. The third-order valence-corrected chi connectivity index (χ3v) is 4.82. The van der Waals surface area contributed by atoms with Crippen molar-refractivity contribution >= 4 is 23.7 Å².